The van der Waals surface area contributed by atoms with E-state index in [4.69, 9.17) is 5.73 Å². The highest BCUT2D eigenvalue weighted by atomic mass is 32.2. The lowest BCUT2D eigenvalue weighted by atomic mass is 9.94. The topological polar surface area (TPSA) is 91.1 Å². The Bertz CT molecular complexity index is 1040. The fraction of sp³-hybridized carbons (Fsp3) is 0.261. The molecule has 0 saturated carbocycles. The van der Waals surface area contributed by atoms with Crippen LogP contribution in [0.4, 0.5) is 0 Å². The van der Waals surface area contributed by atoms with Crippen molar-refractivity contribution in [2.24, 2.45) is 5.73 Å². The van der Waals surface area contributed by atoms with Gasteiger partial charge in [0.2, 0.25) is 0 Å². The van der Waals surface area contributed by atoms with E-state index in [1.165, 1.54) is 11.1 Å². The normalized spacial score (nSPS) is 16.7. The molecule has 0 aliphatic carbocycles. The van der Waals surface area contributed by atoms with Crippen LogP contribution in [0.25, 0.3) is 16.5 Å². The number of carbonyl (C=O) groups excluding carboxylic acids is 1. The molecule has 1 unspecified atom stereocenters. The second-order valence-corrected chi connectivity index (χ2v) is 8.44. The van der Waals surface area contributed by atoms with Gasteiger partial charge in [-0.1, -0.05) is 36.4 Å². The maximum absolute atomic E-state index is 11.4. The van der Waals surface area contributed by atoms with Crippen LogP contribution in [-0.4, -0.2) is 34.3 Å². The number of benzene rings is 2. The summed E-state index contributed by atoms with van der Waals surface area (Å²) < 4.78 is 0. The van der Waals surface area contributed by atoms with Crippen molar-refractivity contribution >= 4 is 34.1 Å². The van der Waals surface area contributed by atoms with E-state index in [0.29, 0.717) is 6.04 Å². The summed E-state index contributed by atoms with van der Waals surface area (Å²) in [6, 6.07) is 14.3. The number of nitrogens with one attached hydrogen (secondary N) is 2. The minimum atomic E-state index is -0.626. The average Bonchev–Trinajstić information content (AvgIpc) is 3.13. The maximum Gasteiger partial charge on any atom is 0.252 e. The zero-order chi connectivity index (χ0) is 20.2. The molecule has 1 aromatic heterocycles. The number of aromatic nitrogens is 1. The van der Waals surface area contributed by atoms with Crippen LogP contribution in [-0.2, 0) is 5.75 Å². The molecule has 3 aromatic rings. The Labute approximate surface area is 174 Å². The van der Waals surface area contributed by atoms with E-state index >= 15 is 0 Å². The minimum absolute atomic E-state index is 0.0671. The molecule has 150 valence electrons. The van der Waals surface area contributed by atoms with E-state index in [1.807, 2.05) is 18.0 Å². The van der Waals surface area contributed by atoms with Crippen LogP contribution in [0.3, 0.4) is 0 Å². The van der Waals surface area contributed by atoms with E-state index in [2.05, 4.69) is 46.7 Å². The summed E-state index contributed by atoms with van der Waals surface area (Å²) in [5.41, 5.74) is 10.1. The summed E-state index contributed by atoms with van der Waals surface area (Å²) in [5, 5.41) is 14.6. The van der Waals surface area contributed by atoms with Crippen LogP contribution in [0.5, 0.6) is 5.75 Å². The number of hydrogen-bond acceptors (Lipinski definition) is 4. The summed E-state index contributed by atoms with van der Waals surface area (Å²) in [5.74, 6) is 1.21. The highest BCUT2D eigenvalue weighted by Crippen LogP contribution is 2.30. The fourth-order valence-corrected chi connectivity index (χ4v) is 4.86. The summed E-state index contributed by atoms with van der Waals surface area (Å²) in [6.07, 6.45) is 6.39. The molecule has 6 heteroatoms. The van der Waals surface area contributed by atoms with E-state index in [0.717, 1.165) is 47.4 Å². The molecule has 1 aliphatic rings. The number of aromatic amines is 1. The van der Waals surface area contributed by atoms with Gasteiger partial charge in [0.1, 0.15) is 5.75 Å². The predicted molar refractivity (Wildman–Crippen MR) is 120 cm³/mol. The Morgan fingerprint density at radius 1 is 1.24 bits per heavy atom. The van der Waals surface area contributed by atoms with E-state index in [-0.39, 0.29) is 11.3 Å². The van der Waals surface area contributed by atoms with Gasteiger partial charge in [0.05, 0.1) is 5.56 Å². The zero-order valence-electron chi connectivity index (χ0n) is 16.2. The van der Waals surface area contributed by atoms with Crippen LogP contribution in [0.15, 0.2) is 54.7 Å². The van der Waals surface area contributed by atoms with Gasteiger partial charge in [0, 0.05) is 35.4 Å². The third kappa shape index (κ3) is 4.49. The van der Waals surface area contributed by atoms with Crippen molar-refractivity contribution in [2.75, 3.05) is 12.3 Å². The molecule has 5 nitrogen and oxygen atoms in total. The summed E-state index contributed by atoms with van der Waals surface area (Å²) >= 11 is 1.88. The molecule has 0 bridgehead atoms. The lowest BCUT2D eigenvalue weighted by molar-refractivity contribution is 0.0998. The van der Waals surface area contributed by atoms with Crippen molar-refractivity contribution in [1.29, 1.82) is 0 Å². The van der Waals surface area contributed by atoms with Crippen molar-refractivity contribution in [3.05, 3.63) is 71.4 Å². The van der Waals surface area contributed by atoms with E-state index in [1.54, 1.807) is 12.1 Å². The Kier molecular flexibility index (Phi) is 5.92. The second kappa shape index (κ2) is 8.76. The molecule has 4 rings (SSSR count). The van der Waals surface area contributed by atoms with Gasteiger partial charge in [-0.25, -0.2) is 0 Å². The first-order valence-electron chi connectivity index (χ1n) is 9.80. The van der Waals surface area contributed by atoms with Crippen molar-refractivity contribution in [3.8, 4) is 5.75 Å². The molecular weight excluding hydrogens is 382 g/mol. The molecule has 5 N–H and O–H groups in total. The molecule has 1 atom stereocenters. The average molecular weight is 408 g/mol. The number of fused-ring (bicyclic) bond motifs is 1. The Morgan fingerprint density at radius 3 is 2.86 bits per heavy atom. The first kappa shape index (κ1) is 19.6. The lowest BCUT2D eigenvalue weighted by Gasteiger charge is -2.24. The number of carbonyl (C=O) groups is 1. The Balaban J connectivity index is 1.31. The number of amides is 1. The number of H-pyrrole nitrogens is 1. The van der Waals surface area contributed by atoms with Gasteiger partial charge in [-0.05, 0) is 47.4 Å². The molecule has 0 radical (unpaired) electrons. The summed E-state index contributed by atoms with van der Waals surface area (Å²) in [6.45, 7) is 0.920. The summed E-state index contributed by atoms with van der Waals surface area (Å²) in [7, 11) is 0. The number of hydrogen-bond donors (Lipinski definition) is 4. The van der Waals surface area contributed by atoms with Crippen LogP contribution in [0, 0.1) is 0 Å². The van der Waals surface area contributed by atoms with Crippen molar-refractivity contribution in [3.63, 3.8) is 0 Å². The third-order valence-electron chi connectivity index (χ3n) is 5.38. The second-order valence-electron chi connectivity index (χ2n) is 7.34. The number of thioether (sulfide) groups is 1. The summed E-state index contributed by atoms with van der Waals surface area (Å²) in [4.78, 5) is 14.6. The van der Waals surface area contributed by atoms with Crippen molar-refractivity contribution < 1.29 is 9.90 Å². The van der Waals surface area contributed by atoms with Gasteiger partial charge in [0.25, 0.3) is 5.91 Å². The molecule has 0 fully saturated rings. The molecule has 2 heterocycles. The molecule has 1 amide bonds. The number of aromatic hydroxyl groups is 1. The van der Waals surface area contributed by atoms with Gasteiger partial charge < -0.3 is 21.1 Å². The molecule has 0 saturated heterocycles. The first-order valence-corrected chi connectivity index (χ1v) is 11.0. The van der Waals surface area contributed by atoms with Crippen LogP contribution in [0.1, 0.15) is 34.3 Å². The number of phenols is 1. The Hall–Kier alpha value is -2.70. The molecule has 2 aromatic carbocycles. The molecule has 1 aliphatic heterocycles. The Morgan fingerprint density at radius 2 is 2.07 bits per heavy atom. The highest BCUT2D eigenvalue weighted by Gasteiger charge is 2.16. The van der Waals surface area contributed by atoms with Gasteiger partial charge in [0.15, 0.2) is 0 Å². The quantitative estimate of drug-likeness (QED) is 0.445. The first-order chi connectivity index (χ1) is 14.1. The number of nitrogens with two attached hydrogens (primary N) is 1. The highest BCUT2D eigenvalue weighted by molar-refractivity contribution is 7.98. The molecule has 0 spiro atoms. The molecular formula is C23H25N3O2S. The van der Waals surface area contributed by atoms with Gasteiger partial charge in [-0.15, -0.1) is 0 Å². The van der Waals surface area contributed by atoms with E-state index < -0.39 is 5.91 Å². The van der Waals surface area contributed by atoms with Gasteiger partial charge >= 0.3 is 0 Å². The monoisotopic (exact) mass is 407 g/mol. The fourth-order valence-electron chi connectivity index (χ4n) is 3.80. The lowest BCUT2D eigenvalue weighted by Crippen LogP contribution is -2.33. The van der Waals surface area contributed by atoms with Crippen molar-refractivity contribution in [1.82, 2.24) is 10.3 Å². The minimum Gasteiger partial charge on any atom is -0.507 e. The number of rotatable bonds is 7. The smallest absolute Gasteiger partial charge is 0.252 e. The van der Waals surface area contributed by atoms with Crippen molar-refractivity contribution in [2.45, 2.75) is 24.6 Å². The molecule has 29 heavy (non-hydrogen) atoms. The SMILES string of the molecule is NC(=O)c1cc2[nH]cc(CSCCC3CC(c4ccccc4)=CCN3)c2cc1O. The predicted octanol–water partition coefficient (Wildman–Crippen LogP) is 4.04. The van der Waals surface area contributed by atoms with Crippen LogP contribution in [0.2, 0.25) is 0 Å². The third-order valence-corrected chi connectivity index (χ3v) is 6.42. The standard InChI is InChI=1S/C23H25N3O2S/c24-23(28)20-11-21-19(12-22(20)27)17(13-26-21)14-29-9-7-18-10-16(6-8-25-18)15-4-2-1-3-5-15/h1-6,11-13,18,25-27H,7-10,14H2,(H2,24,28). The zero-order valence-corrected chi connectivity index (χ0v) is 17.0. The maximum atomic E-state index is 11.4. The van der Waals surface area contributed by atoms with Gasteiger partial charge in [-0.2, -0.15) is 11.8 Å². The van der Waals surface area contributed by atoms with Gasteiger partial charge in [-0.3, -0.25) is 4.79 Å². The van der Waals surface area contributed by atoms with Crippen LogP contribution >= 0.6 is 11.8 Å². The largest absolute Gasteiger partial charge is 0.507 e. The van der Waals surface area contributed by atoms with E-state index in [9.17, 15) is 9.90 Å². The van der Waals surface area contributed by atoms with Crippen LogP contribution < -0.4 is 11.1 Å². The number of primary amides is 1.